The molecule has 8 heteroatoms. The highest BCUT2D eigenvalue weighted by Gasteiger charge is 2.49. The molecule has 1 amide bonds. The Labute approximate surface area is 167 Å². The molecule has 28 heavy (non-hydrogen) atoms. The van der Waals surface area contributed by atoms with Crippen molar-refractivity contribution in [1.82, 2.24) is 0 Å². The highest BCUT2D eigenvalue weighted by molar-refractivity contribution is 8.16. The molecule has 2 fully saturated rings. The van der Waals surface area contributed by atoms with E-state index in [0.29, 0.717) is 16.4 Å². The molecule has 0 aromatic heterocycles. The van der Waals surface area contributed by atoms with Gasteiger partial charge in [0.05, 0.1) is 24.0 Å². The number of halogens is 1. The molecule has 0 N–H and O–H groups in total. The maximum Gasteiger partial charge on any atom is 0.252 e. The molecule has 2 aromatic carbocycles. The Balaban J connectivity index is 1.67. The fraction of sp³-hybridized carbons (Fsp3) is 0.300. The topological polar surface area (TPSA) is 66.8 Å². The minimum Gasteiger partial charge on any atom is -0.315 e. The number of rotatable bonds is 3. The van der Waals surface area contributed by atoms with Gasteiger partial charge in [-0.1, -0.05) is 48.2 Å². The first-order valence-electron chi connectivity index (χ1n) is 8.90. The van der Waals surface area contributed by atoms with Crippen LogP contribution < -0.4 is 4.90 Å². The van der Waals surface area contributed by atoms with E-state index in [9.17, 15) is 17.6 Å². The minimum atomic E-state index is -3.16. The summed E-state index contributed by atoms with van der Waals surface area (Å²) in [5.41, 5.74) is 1.88. The maximum absolute atomic E-state index is 14.1. The molecule has 5 nitrogen and oxygen atoms in total. The van der Waals surface area contributed by atoms with E-state index in [1.807, 2.05) is 30.3 Å². The lowest BCUT2D eigenvalue weighted by atomic mass is 10.1. The second-order valence-electron chi connectivity index (χ2n) is 7.05. The number of carbonyl (C=O) groups is 1. The molecule has 2 heterocycles. The van der Waals surface area contributed by atoms with Gasteiger partial charge >= 0.3 is 0 Å². The standard InChI is InChI=1S/C20H19FN2O3S2/c1-13-7-8-15(10-16(13)21)23-17-11-28(25,26)12-18(17)27-20(23)22-19(24)9-14-5-3-2-4-6-14/h2-8,10,17-18H,9,11-12H2,1H3/t17-,18+/m0/s1. The molecule has 2 aliphatic rings. The molecule has 2 saturated heterocycles. The average molecular weight is 419 g/mol. The zero-order valence-electron chi connectivity index (χ0n) is 15.2. The summed E-state index contributed by atoms with van der Waals surface area (Å²) in [6, 6.07) is 13.7. The van der Waals surface area contributed by atoms with Gasteiger partial charge in [0.15, 0.2) is 15.0 Å². The minimum absolute atomic E-state index is 0.0218. The smallest absolute Gasteiger partial charge is 0.252 e. The van der Waals surface area contributed by atoms with Crippen LogP contribution in [0.4, 0.5) is 10.1 Å². The fourth-order valence-electron chi connectivity index (χ4n) is 3.51. The largest absolute Gasteiger partial charge is 0.315 e. The molecule has 0 unspecified atom stereocenters. The monoisotopic (exact) mass is 418 g/mol. The van der Waals surface area contributed by atoms with Crippen molar-refractivity contribution >= 4 is 38.4 Å². The van der Waals surface area contributed by atoms with Crippen LogP contribution >= 0.6 is 11.8 Å². The number of hydrogen-bond donors (Lipinski definition) is 0. The van der Waals surface area contributed by atoms with Crippen LogP contribution in [0.2, 0.25) is 0 Å². The van der Waals surface area contributed by atoms with E-state index in [1.54, 1.807) is 24.0 Å². The number of nitrogens with zero attached hydrogens (tertiary/aromatic N) is 2. The first kappa shape index (κ1) is 19.1. The quantitative estimate of drug-likeness (QED) is 0.767. The summed E-state index contributed by atoms with van der Waals surface area (Å²) in [7, 11) is -3.16. The number of carbonyl (C=O) groups excluding carboxylic acids is 1. The summed E-state index contributed by atoms with van der Waals surface area (Å²) in [4.78, 5) is 18.5. The Morgan fingerprint density at radius 1 is 1.21 bits per heavy atom. The normalized spacial score (nSPS) is 24.5. The summed E-state index contributed by atoms with van der Waals surface area (Å²) in [6.45, 7) is 1.67. The molecule has 4 rings (SSSR count). The summed E-state index contributed by atoms with van der Waals surface area (Å²) in [5, 5.41) is 0.228. The third kappa shape index (κ3) is 3.84. The summed E-state index contributed by atoms with van der Waals surface area (Å²) >= 11 is 1.29. The zero-order valence-corrected chi connectivity index (χ0v) is 16.8. The number of aryl methyl sites for hydroxylation is 1. The summed E-state index contributed by atoms with van der Waals surface area (Å²) < 4.78 is 38.3. The number of anilines is 1. The lowest BCUT2D eigenvalue weighted by Gasteiger charge is -2.24. The van der Waals surface area contributed by atoms with Crippen molar-refractivity contribution in [2.45, 2.75) is 24.6 Å². The van der Waals surface area contributed by atoms with E-state index < -0.39 is 9.84 Å². The molecular weight excluding hydrogens is 399 g/mol. The van der Waals surface area contributed by atoms with Gasteiger partial charge in [-0.25, -0.2) is 12.8 Å². The van der Waals surface area contributed by atoms with E-state index in [0.717, 1.165) is 5.56 Å². The van der Waals surface area contributed by atoms with Gasteiger partial charge in [0, 0.05) is 10.9 Å². The molecule has 0 radical (unpaired) electrons. The maximum atomic E-state index is 14.1. The van der Waals surface area contributed by atoms with Crippen molar-refractivity contribution in [2.24, 2.45) is 4.99 Å². The SMILES string of the molecule is Cc1ccc(N2C(=NC(=O)Cc3ccccc3)S[C@@H]3CS(=O)(=O)C[C@@H]32)cc1F. The second kappa shape index (κ2) is 7.33. The molecule has 0 spiro atoms. The third-order valence-electron chi connectivity index (χ3n) is 4.92. The lowest BCUT2D eigenvalue weighted by molar-refractivity contribution is -0.117. The Morgan fingerprint density at radius 2 is 1.96 bits per heavy atom. The van der Waals surface area contributed by atoms with Crippen LogP contribution in [0.1, 0.15) is 11.1 Å². The van der Waals surface area contributed by atoms with Crippen molar-refractivity contribution in [2.75, 3.05) is 16.4 Å². The molecule has 2 atom stereocenters. The number of hydrogen-bond acceptors (Lipinski definition) is 4. The predicted octanol–water partition coefficient (Wildman–Crippen LogP) is 2.98. The van der Waals surface area contributed by atoms with Gasteiger partial charge in [0.2, 0.25) is 0 Å². The van der Waals surface area contributed by atoms with E-state index >= 15 is 0 Å². The van der Waals surface area contributed by atoms with Crippen LogP contribution in [-0.2, 0) is 21.1 Å². The average Bonchev–Trinajstić information content (AvgIpc) is 3.09. The molecule has 2 aliphatic heterocycles. The van der Waals surface area contributed by atoms with E-state index in [2.05, 4.69) is 4.99 Å². The van der Waals surface area contributed by atoms with Gasteiger partial charge in [-0.15, -0.1) is 0 Å². The number of benzene rings is 2. The van der Waals surface area contributed by atoms with Crippen LogP contribution in [-0.4, -0.2) is 42.3 Å². The Morgan fingerprint density at radius 3 is 2.68 bits per heavy atom. The second-order valence-corrected chi connectivity index (χ2v) is 10.4. The molecule has 146 valence electrons. The molecule has 0 saturated carbocycles. The van der Waals surface area contributed by atoms with Gasteiger partial charge in [-0.3, -0.25) is 4.79 Å². The highest BCUT2D eigenvalue weighted by atomic mass is 32.2. The van der Waals surface area contributed by atoms with Crippen molar-refractivity contribution in [3.8, 4) is 0 Å². The summed E-state index contributed by atoms with van der Waals surface area (Å²) in [5.74, 6) is -0.665. The summed E-state index contributed by atoms with van der Waals surface area (Å²) in [6.07, 6.45) is 0.161. The molecule has 2 aromatic rings. The van der Waals surface area contributed by atoms with Gasteiger partial charge in [0.1, 0.15) is 5.82 Å². The Kier molecular flexibility index (Phi) is 5.01. The Hall–Kier alpha value is -2.19. The third-order valence-corrected chi connectivity index (χ3v) is 8.13. The van der Waals surface area contributed by atoms with Crippen molar-refractivity contribution in [1.29, 1.82) is 0 Å². The van der Waals surface area contributed by atoms with Gasteiger partial charge in [-0.2, -0.15) is 4.99 Å². The Bertz CT molecular complexity index is 1050. The molecule has 0 bridgehead atoms. The van der Waals surface area contributed by atoms with Crippen LogP contribution in [0, 0.1) is 12.7 Å². The van der Waals surface area contributed by atoms with Gasteiger partial charge in [0.25, 0.3) is 5.91 Å². The first-order valence-corrected chi connectivity index (χ1v) is 11.6. The molecular formula is C20H19FN2O3S2. The first-order chi connectivity index (χ1) is 13.3. The number of amides is 1. The van der Waals surface area contributed by atoms with Crippen LogP contribution in [0.5, 0.6) is 0 Å². The predicted molar refractivity (Wildman–Crippen MR) is 110 cm³/mol. The molecule has 0 aliphatic carbocycles. The van der Waals surface area contributed by atoms with Crippen molar-refractivity contribution in [3.05, 3.63) is 65.5 Å². The lowest BCUT2D eigenvalue weighted by Crippen LogP contribution is -2.37. The number of thioether (sulfide) groups is 1. The number of aliphatic imine (C=N–C) groups is 1. The number of fused-ring (bicyclic) bond motifs is 1. The van der Waals surface area contributed by atoms with E-state index in [4.69, 9.17) is 0 Å². The van der Waals surface area contributed by atoms with E-state index in [-0.39, 0.29) is 40.9 Å². The van der Waals surface area contributed by atoms with Crippen molar-refractivity contribution in [3.63, 3.8) is 0 Å². The fourth-order valence-corrected chi connectivity index (χ4v) is 7.45. The van der Waals surface area contributed by atoms with Crippen LogP contribution in [0.3, 0.4) is 0 Å². The highest BCUT2D eigenvalue weighted by Crippen LogP contribution is 2.41. The van der Waals surface area contributed by atoms with Crippen LogP contribution in [0.15, 0.2) is 53.5 Å². The van der Waals surface area contributed by atoms with Crippen LogP contribution in [0.25, 0.3) is 0 Å². The van der Waals surface area contributed by atoms with Gasteiger partial charge < -0.3 is 4.90 Å². The van der Waals surface area contributed by atoms with Crippen molar-refractivity contribution < 1.29 is 17.6 Å². The van der Waals surface area contributed by atoms with E-state index in [1.165, 1.54) is 17.8 Å². The number of amidine groups is 1. The zero-order chi connectivity index (χ0) is 19.9. The van der Waals surface area contributed by atoms with Gasteiger partial charge in [-0.05, 0) is 30.2 Å². The number of sulfone groups is 1.